The summed E-state index contributed by atoms with van der Waals surface area (Å²) in [4.78, 5) is 26.0. The van der Waals surface area contributed by atoms with E-state index in [-0.39, 0.29) is 22.8 Å². The molecule has 108 valence electrons. The highest BCUT2D eigenvalue weighted by Gasteiger charge is 2.44. The van der Waals surface area contributed by atoms with Crippen LogP contribution in [-0.4, -0.2) is 23.9 Å². The van der Waals surface area contributed by atoms with Gasteiger partial charge in [0, 0.05) is 5.69 Å². The van der Waals surface area contributed by atoms with Gasteiger partial charge in [0.1, 0.15) is 17.9 Å². The van der Waals surface area contributed by atoms with E-state index in [2.05, 4.69) is 21.2 Å². The number of carbonyl (C=O) groups is 2. The van der Waals surface area contributed by atoms with Crippen LogP contribution in [0.4, 0.5) is 10.1 Å². The first-order chi connectivity index (χ1) is 9.43. The second kappa shape index (κ2) is 5.52. The molecule has 2 amide bonds. The van der Waals surface area contributed by atoms with Crippen LogP contribution in [0.3, 0.4) is 0 Å². The van der Waals surface area contributed by atoms with E-state index in [1.807, 2.05) is 13.8 Å². The Bertz CT molecular complexity index is 558. The zero-order chi connectivity index (χ0) is 14.9. The number of nitrogens with zero attached hydrogens (tertiary/aromatic N) is 1. The molecule has 1 heterocycles. The smallest absolute Gasteiger partial charge is 0.253 e. The molecule has 2 rings (SSSR count). The van der Waals surface area contributed by atoms with Crippen molar-refractivity contribution in [3.8, 4) is 0 Å². The van der Waals surface area contributed by atoms with E-state index in [1.54, 1.807) is 0 Å². The van der Waals surface area contributed by atoms with Crippen molar-refractivity contribution in [3.63, 3.8) is 0 Å². The summed E-state index contributed by atoms with van der Waals surface area (Å²) in [5, 5.41) is 2.79. The van der Waals surface area contributed by atoms with Crippen molar-refractivity contribution in [3.05, 3.63) is 28.5 Å². The molecule has 0 aliphatic carbocycles. The van der Waals surface area contributed by atoms with E-state index >= 15 is 0 Å². The van der Waals surface area contributed by atoms with Crippen molar-refractivity contribution in [2.24, 2.45) is 0 Å². The molecular weight excluding hydrogens is 327 g/mol. The predicted molar refractivity (Wildman–Crippen MR) is 77.9 cm³/mol. The fourth-order valence-corrected chi connectivity index (χ4v) is 2.79. The quantitative estimate of drug-likeness (QED) is 0.917. The average Bonchev–Trinajstić information content (AvgIpc) is 2.44. The number of piperazine rings is 1. The largest absolute Gasteiger partial charge is 0.340 e. The monoisotopic (exact) mass is 342 g/mol. The van der Waals surface area contributed by atoms with Gasteiger partial charge in [-0.05, 0) is 47.0 Å². The van der Waals surface area contributed by atoms with Crippen LogP contribution in [0.25, 0.3) is 0 Å². The summed E-state index contributed by atoms with van der Waals surface area (Å²) in [5.74, 6) is -0.755. The molecule has 0 aromatic heterocycles. The summed E-state index contributed by atoms with van der Waals surface area (Å²) in [6, 6.07) is 4.30. The number of benzene rings is 1. The van der Waals surface area contributed by atoms with Crippen molar-refractivity contribution >= 4 is 33.4 Å². The van der Waals surface area contributed by atoms with Gasteiger partial charge < -0.3 is 10.2 Å². The second-order valence-corrected chi connectivity index (χ2v) is 5.68. The fraction of sp³-hybridized carbons (Fsp3) is 0.429. The van der Waals surface area contributed by atoms with Crippen LogP contribution in [0.15, 0.2) is 22.7 Å². The third kappa shape index (κ3) is 2.44. The number of carbonyl (C=O) groups excluding carboxylic acids is 2. The lowest BCUT2D eigenvalue weighted by atomic mass is 9.88. The number of hydrogen-bond acceptors (Lipinski definition) is 2. The standard InChI is InChI=1S/C14H16BrFN2O2/c1-3-14(4-2)13(20)18(8-12(19)17-14)9-5-6-11(16)10(15)7-9/h5-7H,3-4,8H2,1-2H3,(H,17,19). The molecule has 0 unspecified atom stereocenters. The third-order valence-corrected chi connectivity index (χ3v) is 4.36. The zero-order valence-corrected chi connectivity index (χ0v) is 13.0. The van der Waals surface area contributed by atoms with Crippen molar-refractivity contribution < 1.29 is 14.0 Å². The minimum atomic E-state index is -0.865. The maximum absolute atomic E-state index is 13.3. The number of amides is 2. The Morgan fingerprint density at radius 3 is 2.55 bits per heavy atom. The highest BCUT2D eigenvalue weighted by Crippen LogP contribution is 2.29. The predicted octanol–water partition coefficient (Wildman–Crippen LogP) is 2.61. The Morgan fingerprint density at radius 2 is 2.00 bits per heavy atom. The SMILES string of the molecule is CCC1(CC)NC(=O)CN(c2ccc(F)c(Br)c2)C1=O. The van der Waals surface area contributed by atoms with Crippen molar-refractivity contribution in [2.75, 3.05) is 11.4 Å². The van der Waals surface area contributed by atoms with Gasteiger partial charge in [-0.2, -0.15) is 0 Å². The minimum absolute atomic E-state index is 0.0430. The van der Waals surface area contributed by atoms with Gasteiger partial charge in [0.25, 0.3) is 5.91 Å². The first-order valence-electron chi connectivity index (χ1n) is 6.51. The van der Waals surface area contributed by atoms with Gasteiger partial charge in [0.05, 0.1) is 4.47 Å². The molecule has 0 bridgehead atoms. The fourth-order valence-electron chi connectivity index (χ4n) is 2.42. The first-order valence-corrected chi connectivity index (χ1v) is 7.31. The molecular formula is C14H16BrFN2O2. The zero-order valence-electron chi connectivity index (χ0n) is 11.4. The van der Waals surface area contributed by atoms with E-state index in [0.29, 0.717) is 18.5 Å². The first kappa shape index (κ1) is 15.0. The minimum Gasteiger partial charge on any atom is -0.340 e. The molecule has 0 atom stereocenters. The Morgan fingerprint density at radius 1 is 1.35 bits per heavy atom. The summed E-state index contributed by atoms with van der Waals surface area (Å²) in [5.41, 5.74) is -0.347. The molecule has 1 aromatic rings. The van der Waals surface area contributed by atoms with E-state index in [0.717, 1.165) is 0 Å². The van der Waals surface area contributed by atoms with Gasteiger partial charge in [0.2, 0.25) is 5.91 Å². The van der Waals surface area contributed by atoms with Crippen molar-refractivity contribution in [1.29, 1.82) is 0 Å². The maximum Gasteiger partial charge on any atom is 0.253 e. The molecule has 4 nitrogen and oxygen atoms in total. The van der Waals surface area contributed by atoms with Crippen molar-refractivity contribution in [1.82, 2.24) is 5.32 Å². The van der Waals surface area contributed by atoms with E-state index < -0.39 is 11.4 Å². The van der Waals surface area contributed by atoms with Gasteiger partial charge >= 0.3 is 0 Å². The Balaban J connectivity index is 2.42. The van der Waals surface area contributed by atoms with Crippen LogP contribution >= 0.6 is 15.9 Å². The molecule has 0 spiro atoms. The number of hydrogen-bond donors (Lipinski definition) is 1. The third-order valence-electron chi connectivity index (χ3n) is 3.76. The summed E-state index contributed by atoms with van der Waals surface area (Å²) in [6.45, 7) is 3.69. The molecule has 1 saturated heterocycles. The average molecular weight is 343 g/mol. The number of anilines is 1. The molecule has 1 aliphatic heterocycles. The maximum atomic E-state index is 13.3. The van der Waals surface area contributed by atoms with E-state index in [4.69, 9.17) is 0 Å². The highest BCUT2D eigenvalue weighted by atomic mass is 79.9. The number of halogens is 2. The lowest BCUT2D eigenvalue weighted by Gasteiger charge is -2.41. The Kier molecular flexibility index (Phi) is 4.13. The van der Waals surface area contributed by atoms with Crippen LogP contribution in [0, 0.1) is 5.82 Å². The summed E-state index contributed by atoms with van der Waals surface area (Å²) < 4.78 is 13.6. The van der Waals surface area contributed by atoms with Crippen LogP contribution in [0.1, 0.15) is 26.7 Å². The molecule has 0 radical (unpaired) electrons. The summed E-state index contributed by atoms with van der Waals surface area (Å²) in [6.07, 6.45) is 1.04. The molecule has 1 fully saturated rings. The highest BCUT2D eigenvalue weighted by molar-refractivity contribution is 9.10. The van der Waals surface area contributed by atoms with Crippen LogP contribution in [0.5, 0.6) is 0 Å². The van der Waals surface area contributed by atoms with Gasteiger partial charge in [-0.25, -0.2) is 4.39 Å². The van der Waals surface area contributed by atoms with E-state index in [9.17, 15) is 14.0 Å². The van der Waals surface area contributed by atoms with Crippen LogP contribution < -0.4 is 10.2 Å². The molecule has 20 heavy (non-hydrogen) atoms. The lowest BCUT2D eigenvalue weighted by molar-refractivity contribution is -0.136. The summed E-state index contributed by atoms with van der Waals surface area (Å²) >= 11 is 3.10. The molecule has 6 heteroatoms. The molecule has 1 aliphatic rings. The Labute approximate surface area is 125 Å². The van der Waals surface area contributed by atoms with Gasteiger partial charge in [-0.15, -0.1) is 0 Å². The number of rotatable bonds is 3. The second-order valence-electron chi connectivity index (χ2n) is 4.83. The topological polar surface area (TPSA) is 49.4 Å². The van der Waals surface area contributed by atoms with Gasteiger partial charge in [0.15, 0.2) is 0 Å². The summed E-state index contributed by atoms with van der Waals surface area (Å²) in [7, 11) is 0. The normalized spacial score (nSPS) is 18.1. The molecule has 0 saturated carbocycles. The van der Waals surface area contributed by atoms with Crippen molar-refractivity contribution in [2.45, 2.75) is 32.2 Å². The van der Waals surface area contributed by atoms with Gasteiger partial charge in [-0.3, -0.25) is 9.59 Å². The lowest BCUT2D eigenvalue weighted by Crippen LogP contribution is -2.66. The van der Waals surface area contributed by atoms with E-state index in [1.165, 1.54) is 23.1 Å². The van der Waals surface area contributed by atoms with Crippen LogP contribution in [-0.2, 0) is 9.59 Å². The van der Waals surface area contributed by atoms with Crippen LogP contribution in [0.2, 0.25) is 0 Å². The Hall–Kier alpha value is -1.43. The van der Waals surface area contributed by atoms with Gasteiger partial charge in [-0.1, -0.05) is 13.8 Å². The molecule has 1 aromatic carbocycles. The number of nitrogens with one attached hydrogen (secondary N) is 1. The molecule has 1 N–H and O–H groups in total.